The standard InChI is InChI=1S/C31H40N6O5/c1-5-6-17-42-30-34-27(32)26-28(35-30)37(31(33-26)40-4)29(24-14-8-7-9-15-24)41-18-11-16-36(2)21-23-13-10-12-22(19-23)20-25(38)39-3/h7-10,12-15,19,29H,5-6,11,16-18,20-21H2,1-4H3,(H2,32,34,35). The lowest BCUT2D eigenvalue weighted by Crippen LogP contribution is -2.22. The molecule has 0 saturated carbocycles. The Hall–Kier alpha value is -4.22. The summed E-state index contributed by atoms with van der Waals surface area (Å²) in [5, 5.41) is 0. The topological polar surface area (TPSA) is 127 Å². The second-order valence-electron chi connectivity index (χ2n) is 10.0. The molecule has 2 aromatic heterocycles. The SMILES string of the molecule is CCCCOc1nc(N)c2nc(OC)n(C(OCCCN(C)Cc3cccc(CC(=O)OC)c3)c3ccccc3)c2n1. The van der Waals surface area contributed by atoms with Crippen LogP contribution in [0.3, 0.4) is 0 Å². The van der Waals surface area contributed by atoms with Gasteiger partial charge >= 0.3 is 18.0 Å². The molecule has 0 aliphatic heterocycles. The molecule has 11 heteroatoms. The summed E-state index contributed by atoms with van der Waals surface area (Å²) in [5.74, 6) is -0.0324. The number of fused-ring (bicyclic) bond motifs is 1. The van der Waals surface area contributed by atoms with E-state index < -0.39 is 6.23 Å². The number of aromatic nitrogens is 4. The summed E-state index contributed by atoms with van der Waals surface area (Å²) in [7, 11) is 5.02. The molecule has 4 rings (SSSR count). The molecule has 224 valence electrons. The van der Waals surface area contributed by atoms with Crippen LogP contribution in [0.15, 0.2) is 54.6 Å². The molecule has 2 heterocycles. The van der Waals surface area contributed by atoms with Gasteiger partial charge in [-0.15, -0.1) is 0 Å². The van der Waals surface area contributed by atoms with Crippen LogP contribution in [0.2, 0.25) is 0 Å². The molecule has 42 heavy (non-hydrogen) atoms. The first-order valence-corrected chi connectivity index (χ1v) is 14.1. The minimum Gasteiger partial charge on any atom is -0.469 e. The lowest BCUT2D eigenvalue weighted by atomic mass is 10.1. The summed E-state index contributed by atoms with van der Waals surface area (Å²) in [6, 6.07) is 18.4. The highest BCUT2D eigenvalue weighted by atomic mass is 16.5. The van der Waals surface area contributed by atoms with E-state index in [-0.39, 0.29) is 24.2 Å². The van der Waals surface area contributed by atoms with Crippen LogP contribution in [-0.2, 0) is 27.2 Å². The molecule has 2 aromatic carbocycles. The zero-order chi connectivity index (χ0) is 29.9. The first-order chi connectivity index (χ1) is 20.4. The maximum Gasteiger partial charge on any atom is 0.320 e. The van der Waals surface area contributed by atoms with Crippen LogP contribution < -0.4 is 15.2 Å². The predicted molar refractivity (Wildman–Crippen MR) is 160 cm³/mol. The number of methoxy groups -OCH3 is 2. The molecule has 0 aliphatic carbocycles. The van der Waals surface area contributed by atoms with Crippen molar-refractivity contribution in [2.24, 2.45) is 0 Å². The van der Waals surface area contributed by atoms with Gasteiger partial charge in [0.25, 0.3) is 0 Å². The second-order valence-corrected chi connectivity index (χ2v) is 10.0. The fourth-order valence-electron chi connectivity index (χ4n) is 4.62. The first kappa shape index (κ1) is 30.7. The molecular weight excluding hydrogens is 536 g/mol. The number of hydrogen-bond acceptors (Lipinski definition) is 10. The van der Waals surface area contributed by atoms with Crippen molar-refractivity contribution < 1.29 is 23.7 Å². The molecule has 0 bridgehead atoms. The molecule has 0 spiro atoms. The van der Waals surface area contributed by atoms with Crippen molar-refractivity contribution in [3.63, 3.8) is 0 Å². The fraction of sp³-hybridized carbons (Fsp3) is 0.419. The zero-order valence-electron chi connectivity index (χ0n) is 24.8. The third kappa shape index (κ3) is 7.95. The van der Waals surface area contributed by atoms with E-state index in [0.29, 0.717) is 30.4 Å². The number of carbonyl (C=O) groups is 1. The number of carbonyl (C=O) groups excluding carboxylic acids is 1. The first-order valence-electron chi connectivity index (χ1n) is 14.1. The maximum absolute atomic E-state index is 11.7. The van der Waals surface area contributed by atoms with Crippen LogP contribution in [0, 0.1) is 0 Å². The third-order valence-electron chi connectivity index (χ3n) is 6.72. The zero-order valence-corrected chi connectivity index (χ0v) is 24.8. The van der Waals surface area contributed by atoms with E-state index in [9.17, 15) is 4.79 Å². The lowest BCUT2D eigenvalue weighted by Gasteiger charge is -2.23. The summed E-state index contributed by atoms with van der Waals surface area (Å²) in [5.41, 5.74) is 10.1. The molecule has 11 nitrogen and oxygen atoms in total. The van der Waals surface area contributed by atoms with Gasteiger partial charge in [-0.2, -0.15) is 15.0 Å². The van der Waals surface area contributed by atoms with Crippen LogP contribution in [-0.4, -0.2) is 71.4 Å². The molecule has 1 atom stereocenters. The molecule has 4 aromatic rings. The van der Waals surface area contributed by atoms with Gasteiger partial charge in [0.05, 0.1) is 33.9 Å². The number of unbranched alkanes of at least 4 members (excludes halogenated alkanes) is 1. The Kier molecular flexibility index (Phi) is 11.1. The Labute approximate surface area is 246 Å². The Balaban J connectivity index is 1.48. The number of anilines is 1. The van der Waals surface area contributed by atoms with E-state index in [2.05, 4.69) is 39.9 Å². The van der Waals surface area contributed by atoms with E-state index in [1.807, 2.05) is 48.5 Å². The van der Waals surface area contributed by atoms with Crippen molar-refractivity contribution in [2.45, 2.75) is 45.4 Å². The average Bonchev–Trinajstić information content (AvgIpc) is 3.36. The van der Waals surface area contributed by atoms with Crippen molar-refractivity contribution in [3.05, 3.63) is 71.3 Å². The number of nitrogen functional groups attached to an aromatic ring is 1. The van der Waals surface area contributed by atoms with Crippen molar-refractivity contribution in [3.8, 4) is 12.0 Å². The van der Waals surface area contributed by atoms with Gasteiger partial charge in [-0.25, -0.2) is 4.57 Å². The number of ether oxygens (including phenoxy) is 4. The van der Waals surface area contributed by atoms with Crippen molar-refractivity contribution >= 4 is 23.0 Å². The van der Waals surface area contributed by atoms with Crippen molar-refractivity contribution in [2.75, 3.05) is 46.8 Å². The van der Waals surface area contributed by atoms with E-state index in [0.717, 1.165) is 49.0 Å². The van der Waals surface area contributed by atoms with Gasteiger partial charge in [0.2, 0.25) is 0 Å². The number of nitrogens with zero attached hydrogens (tertiary/aromatic N) is 5. The summed E-state index contributed by atoms with van der Waals surface area (Å²) >= 11 is 0. The van der Waals surface area contributed by atoms with E-state index >= 15 is 0 Å². The molecule has 0 fully saturated rings. The Bertz CT molecular complexity index is 1440. The van der Waals surface area contributed by atoms with E-state index in [1.165, 1.54) is 7.11 Å². The van der Waals surface area contributed by atoms with Gasteiger partial charge in [0.1, 0.15) is 0 Å². The normalized spacial score (nSPS) is 12.0. The van der Waals surface area contributed by atoms with Crippen LogP contribution in [0.4, 0.5) is 5.82 Å². The highest BCUT2D eigenvalue weighted by Crippen LogP contribution is 2.32. The number of hydrogen-bond donors (Lipinski definition) is 1. The Morgan fingerprint density at radius 3 is 2.52 bits per heavy atom. The average molecular weight is 577 g/mol. The van der Waals surface area contributed by atoms with Gasteiger partial charge in [-0.05, 0) is 31.0 Å². The minimum absolute atomic E-state index is 0.196. The van der Waals surface area contributed by atoms with Gasteiger partial charge in [-0.3, -0.25) is 4.79 Å². The monoisotopic (exact) mass is 576 g/mol. The third-order valence-corrected chi connectivity index (χ3v) is 6.72. The summed E-state index contributed by atoms with van der Waals surface area (Å²) in [4.78, 5) is 27.4. The van der Waals surface area contributed by atoms with Gasteiger partial charge < -0.3 is 29.6 Å². The molecule has 0 saturated heterocycles. The molecule has 0 aliphatic rings. The van der Waals surface area contributed by atoms with Crippen LogP contribution in [0.25, 0.3) is 11.2 Å². The number of esters is 1. The summed E-state index contributed by atoms with van der Waals surface area (Å²) in [6.45, 7) is 4.60. The van der Waals surface area contributed by atoms with Crippen LogP contribution >= 0.6 is 0 Å². The summed E-state index contributed by atoms with van der Waals surface area (Å²) in [6.07, 6.45) is 2.35. The fourth-order valence-corrected chi connectivity index (χ4v) is 4.62. The highest BCUT2D eigenvalue weighted by Gasteiger charge is 2.26. The van der Waals surface area contributed by atoms with Gasteiger partial charge in [-0.1, -0.05) is 67.9 Å². The molecular formula is C31H40N6O5. The number of nitrogens with two attached hydrogens (primary N) is 1. The number of rotatable bonds is 16. The molecule has 1 unspecified atom stereocenters. The van der Waals surface area contributed by atoms with Crippen molar-refractivity contribution in [1.82, 2.24) is 24.4 Å². The van der Waals surface area contributed by atoms with Crippen molar-refractivity contribution in [1.29, 1.82) is 0 Å². The number of imidazole rings is 1. The van der Waals surface area contributed by atoms with E-state index in [1.54, 1.807) is 11.7 Å². The quantitative estimate of drug-likeness (QED) is 0.151. The van der Waals surface area contributed by atoms with Crippen LogP contribution in [0.1, 0.15) is 49.1 Å². The smallest absolute Gasteiger partial charge is 0.320 e. The van der Waals surface area contributed by atoms with Gasteiger partial charge in [0.15, 0.2) is 23.2 Å². The molecule has 0 amide bonds. The van der Waals surface area contributed by atoms with Gasteiger partial charge in [0, 0.05) is 18.7 Å². The Morgan fingerprint density at radius 1 is 1.00 bits per heavy atom. The highest BCUT2D eigenvalue weighted by molar-refractivity contribution is 5.83. The molecule has 2 N–H and O–H groups in total. The second kappa shape index (κ2) is 15.1. The lowest BCUT2D eigenvalue weighted by molar-refractivity contribution is -0.139. The summed E-state index contributed by atoms with van der Waals surface area (Å²) < 4.78 is 24.5. The van der Waals surface area contributed by atoms with E-state index in [4.69, 9.17) is 24.7 Å². The van der Waals surface area contributed by atoms with Crippen LogP contribution in [0.5, 0.6) is 12.0 Å². The molecule has 0 radical (unpaired) electrons. The Morgan fingerprint density at radius 2 is 1.79 bits per heavy atom. The predicted octanol–water partition coefficient (Wildman–Crippen LogP) is 4.40. The largest absolute Gasteiger partial charge is 0.469 e. The number of benzene rings is 2. The minimum atomic E-state index is -0.566. The maximum atomic E-state index is 11.7.